The van der Waals surface area contributed by atoms with E-state index in [-0.39, 0.29) is 12.3 Å². The minimum absolute atomic E-state index is 0.0874. The molecule has 2 nitrogen and oxygen atoms in total. The van der Waals surface area contributed by atoms with Crippen LogP contribution in [0.5, 0.6) is 0 Å². The molecule has 1 heterocycles. The molecule has 17 heavy (non-hydrogen) atoms. The summed E-state index contributed by atoms with van der Waals surface area (Å²) in [7, 11) is 0. The Bertz CT molecular complexity index is 359. The Kier molecular flexibility index (Phi) is 4.82. The molecule has 96 valence electrons. The van der Waals surface area contributed by atoms with Crippen LogP contribution in [0.4, 0.5) is 13.2 Å². The van der Waals surface area contributed by atoms with Gasteiger partial charge in [-0.1, -0.05) is 0 Å². The van der Waals surface area contributed by atoms with E-state index in [1.165, 1.54) is 0 Å². The Morgan fingerprint density at radius 3 is 2.47 bits per heavy atom. The maximum atomic E-state index is 12.5. The molecule has 0 radical (unpaired) electrons. The predicted octanol–water partition coefficient (Wildman–Crippen LogP) is 2.93. The first-order chi connectivity index (χ1) is 7.82. The summed E-state index contributed by atoms with van der Waals surface area (Å²) in [4.78, 5) is 4.18. The van der Waals surface area contributed by atoms with E-state index in [0.717, 1.165) is 23.0 Å². The molecule has 1 atom stereocenters. The second kappa shape index (κ2) is 5.73. The molecule has 6 heteroatoms. The van der Waals surface area contributed by atoms with E-state index in [1.54, 1.807) is 6.07 Å². The predicted molar refractivity (Wildman–Crippen MR) is 63.0 cm³/mol. The lowest BCUT2D eigenvalue weighted by atomic mass is 10.2. The fourth-order valence-corrected chi connectivity index (χ4v) is 2.54. The van der Waals surface area contributed by atoms with Crippen molar-refractivity contribution >= 4 is 11.8 Å². The summed E-state index contributed by atoms with van der Waals surface area (Å²) in [6.45, 7) is 3.32. The highest BCUT2D eigenvalue weighted by molar-refractivity contribution is 7.99. The average molecular weight is 264 g/mol. The number of rotatable bonds is 4. The molecule has 1 unspecified atom stereocenters. The normalized spacial score (nSPS) is 13.8. The lowest BCUT2D eigenvalue weighted by molar-refractivity contribution is -0.165. The van der Waals surface area contributed by atoms with E-state index in [1.807, 2.05) is 19.9 Å². The largest absolute Gasteiger partial charge is 0.393 e. The number of aromatic nitrogens is 1. The molecule has 2 N–H and O–H groups in total. The fourth-order valence-electron chi connectivity index (χ4n) is 1.36. The van der Waals surface area contributed by atoms with Crippen LogP contribution in [0.25, 0.3) is 0 Å². The van der Waals surface area contributed by atoms with E-state index in [2.05, 4.69) is 4.98 Å². The summed E-state index contributed by atoms with van der Waals surface area (Å²) < 4.78 is 37.4. The third-order valence-corrected chi connectivity index (χ3v) is 3.33. The number of nitrogens with two attached hydrogens (primary N) is 1. The van der Waals surface area contributed by atoms with E-state index >= 15 is 0 Å². The standard InChI is InChI=1S/C11H15F3N2S/c1-7-3-8(2)16-10(4-7)17-6-9(5-15)11(12,13)14/h3-4,9H,5-6,15H2,1-2H3. The van der Waals surface area contributed by atoms with Gasteiger partial charge in [-0.05, 0) is 31.5 Å². The molecule has 0 amide bonds. The first-order valence-electron chi connectivity index (χ1n) is 5.18. The number of thioether (sulfide) groups is 1. The molecule has 0 saturated carbocycles. The van der Waals surface area contributed by atoms with Gasteiger partial charge in [0.25, 0.3) is 0 Å². The molecule has 0 fully saturated rings. The van der Waals surface area contributed by atoms with Gasteiger partial charge in [-0.15, -0.1) is 11.8 Å². The molecule has 0 spiro atoms. The summed E-state index contributed by atoms with van der Waals surface area (Å²) in [5, 5.41) is 0.616. The van der Waals surface area contributed by atoms with Gasteiger partial charge < -0.3 is 5.73 Å². The van der Waals surface area contributed by atoms with Crippen LogP contribution in [0.1, 0.15) is 11.3 Å². The molecular formula is C11H15F3N2S. The summed E-state index contributed by atoms with van der Waals surface area (Å²) in [6.07, 6.45) is -4.24. The number of pyridine rings is 1. The Balaban J connectivity index is 2.66. The molecule has 1 aromatic heterocycles. The first-order valence-corrected chi connectivity index (χ1v) is 6.16. The van der Waals surface area contributed by atoms with Crippen LogP contribution in [-0.4, -0.2) is 23.5 Å². The maximum Gasteiger partial charge on any atom is 0.393 e. The third kappa shape index (κ3) is 4.55. The van der Waals surface area contributed by atoms with E-state index in [9.17, 15) is 13.2 Å². The van der Waals surface area contributed by atoms with Gasteiger partial charge in [0.2, 0.25) is 0 Å². The van der Waals surface area contributed by atoms with Crippen LogP contribution < -0.4 is 5.73 Å². The van der Waals surface area contributed by atoms with Gasteiger partial charge in [0.15, 0.2) is 0 Å². The van der Waals surface area contributed by atoms with Crippen LogP contribution >= 0.6 is 11.8 Å². The number of alkyl halides is 3. The third-order valence-electron chi connectivity index (χ3n) is 2.25. The zero-order chi connectivity index (χ0) is 13.1. The summed E-state index contributed by atoms with van der Waals surface area (Å²) in [6, 6.07) is 3.66. The highest BCUT2D eigenvalue weighted by Crippen LogP contribution is 2.30. The lowest BCUT2D eigenvalue weighted by Gasteiger charge is -2.17. The molecule has 1 rings (SSSR count). The highest BCUT2D eigenvalue weighted by Gasteiger charge is 2.38. The Morgan fingerprint density at radius 2 is 2.00 bits per heavy atom. The molecule has 0 aliphatic heterocycles. The number of halogens is 3. The van der Waals surface area contributed by atoms with Crippen LogP contribution in [0.2, 0.25) is 0 Å². The van der Waals surface area contributed by atoms with Crippen molar-refractivity contribution in [2.75, 3.05) is 12.3 Å². The summed E-state index contributed by atoms with van der Waals surface area (Å²) >= 11 is 1.10. The SMILES string of the molecule is Cc1cc(C)nc(SCC(CN)C(F)(F)F)c1. The fraction of sp³-hybridized carbons (Fsp3) is 0.545. The smallest absolute Gasteiger partial charge is 0.330 e. The molecule has 0 bridgehead atoms. The highest BCUT2D eigenvalue weighted by atomic mass is 32.2. The van der Waals surface area contributed by atoms with E-state index < -0.39 is 12.1 Å². The Hall–Kier alpha value is -0.750. The van der Waals surface area contributed by atoms with Crippen molar-refractivity contribution in [1.29, 1.82) is 0 Å². The number of hydrogen-bond acceptors (Lipinski definition) is 3. The van der Waals surface area contributed by atoms with Gasteiger partial charge in [0, 0.05) is 18.0 Å². The Labute approximate surface area is 103 Å². The van der Waals surface area contributed by atoms with Crippen LogP contribution in [0.15, 0.2) is 17.2 Å². The zero-order valence-corrected chi connectivity index (χ0v) is 10.5. The topological polar surface area (TPSA) is 38.9 Å². The van der Waals surface area contributed by atoms with Crippen molar-refractivity contribution in [2.45, 2.75) is 25.0 Å². The molecule has 0 saturated heterocycles. The van der Waals surface area contributed by atoms with Crippen LogP contribution in [-0.2, 0) is 0 Å². The van der Waals surface area contributed by atoms with Gasteiger partial charge in [-0.3, -0.25) is 0 Å². The lowest BCUT2D eigenvalue weighted by Crippen LogP contribution is -2.32. The van der Waals surface area contributed by atoms with Gasteiger partial charge in [0.1, 0.15) is 0 Å². The van der Waals surface area contributed by atoms with Gasteiger partial charge >= 0.3 is 6.18 Å². The van der Waals surface area contributed by atoms with Crippen molar-refractivity contribution in [2.24, 2.45) is 11.7 Å². The second-order valence-electron chi connectivity index (χ2n) is 3.91. The minimum Gasteiger partial charge on any atom is -0.330 e. The monoisotopic (exact) mass is 264 g/mol. The number of aryl methyl sites for hydroxylation is 2. The van der Waals surface area contributed by atoms with Gasteiger partial charge in [0.05, 0.1) is 10.9 Å². The summed E-state index contributed by atoms with van der Waals surface area (Å²) in [5.41, 5.74) is 6.93. The van der Waals surface area contributed by atoms with Crippen LogP contribution in [0, 0.1) is 19.8 Å². The molecular weight excluding hydrogens is 249 g/mol. The van der Waals surface area contributed by atoms with Gasteiger partial charge in [-0.25, -0.2) is 4.98 Å². The number of nitrogens with zero attached hydrogens (tertiary/aromatic N) is 1. The number of hydrogen-bond donors (Lipinski definition) is 1. The second-order valence-corrected chi connectivity index (χ2v) is 4.95. The zero-order valence-electron chi connectivity index (χ0n) is 9.71. The van der Waals surface area contributed by atoms with E-state index in [4.69, 9.17) is 5.73 Å². The Morgan fingerprint density at radius 1 is 1.35 bits per heavy atom. The first kappa shape index (κ1) is 14.3. The minimum atomic E-state index is -4.24. The van der Waals surface area contributed by atoms with Crippen LogP contribution in [0.3, 0.4) is 0 Å². The average Bonchev–Trinajstić information content (AvgIpc) is 2.14. The van der Waals surface area contributed by atoms with Crippen molar-refractivity contribution in [3.8, 4) is 0 Å². The van der Waals surface area contributed by atoms with E-state index in [0.29, 0.717) is 5.03 Å². The van der Waals surface area contributed by atoms with Crippen molar-refractivity contribution in [3.63, 3.8) is 0 Å². The van der Waals surface area contributed by atoms with Gasteiger partial charge in [-0.2, -0.15) is 13.2 Å². The quantitative estimate of drug-likeness (QED) is 0.850. The van der Waals surface area contributed by atoms with Crippen molar-refractivity contribution in [1.82, 2.24) is 4.98 Å². The molecule has 0 aliphatic rings. The molecule has 0 aliphatic carbocycles. The van der Waals surface area contributed by atoms with Crippen molar-refractivity contribution < 1.29 is 13.2 Å². The summed E-state index contributed by atoms with van der Waals surface area (Å²) in [5.74, 6) is -1.56. The molecule has 0 aromatic carbocycles. The molecule has 1 aromatic rings. The maximum absolute atomic E-state index is 12.5. The van der Waals surface area contributed by atoms with Crippen molar-refractivity contribution in [3.05, 3.63) is 23.4 Å².